The fourth-order valence-electron chi connectivity index (χ4n) is 2.69. The van der Waals surface area contributed by atoms with Crippen molar-refractivity contribution in [2.75, 3.05) is 6.54 Å². The second-order valence-corrected chi connectivity index (χ2v) is 6.62. The molecule has 0 unspecified atom stereocenters. The van der Waals surface area contributed by atoms with Crippen LogP contribution in [0.1, 0.15) is 28.9 Å². The van der Waals surface area contributed by atoms with Crippen molar-refractivity contribution in [1.29, 1.82) is 0 Å². The largest absolute Gasteiger partial charge is 0.356 e. The van der Waals surface area contributed by atoms with E-state index in [-0.39, 0.29) is 24.5 Å². The van der Waals surface area contributed by atoms with Gasteiger partial charge < -0.3 is 9.88 Å². The fraction of sp³-hybridized carbons (Fsp3) is 0.263. The molecular weight excluding hydrogens is 320 g/mol. The fourth-order valence-corrected chi connectivity index (χ4v) is 3.38. The number of aromatic nitrogens is 1. The molecule has 1 N–H and O–H groups in total. The van der Waals surface area contributed by atoms with Gasteiger partial charge in [0.2, 0.25) is 5.91 Å². The Morgan fingerprint density at radius 1 is 1.04 bits per heavy atom. The molecule has 1 amide bonds. The molecule has 2 aromatic heterocycles. The van der Waals surface area contributed by atoms with E-state index in [2.05, 4.69) is 34.3 Å². The molecule has 24 heavy (non-hydrogen) atoms. The van der Waals surface area contributed by atoms with E-state index in [1.807, 2.05) is 23.6 Å². The minimum atomic E-state index is -0.0581. The van der Waals surface area contributed by atoms with Gasteiger partial charge in [-0.1, -0.05) is 24.3 Å². The topological polar surface area (TPSA) is 51.1 Å². The third kappa shape index (κ3) is 4.11. The van der Waals surface area contributed by atoms with E-state index in [0.29, 0.717) is 6.54 Å². The number of benzene rings is 1. The van der Waals surface area contributed by atoms with Crippen molar-refractivity contribution in [3.63, 3.8) is 0 Å². The Bertz CT molecular complexity index is 821. The number of amides is 1. The number of rotatable bonds is 8. The molecule has 3 rings (SSSR count). The molecule has 0 radical (unpaired) electrons. The number of carbonyl (C=O) groups excluding carboxylic acids is 2. The Kier molecular flexibility index (Phi) is 5.43. The molecule has 0 saturated heterocycles. The number of ketones is 1. The number of thiophene rings is 1. The molecule has 1 aromatic carbocycles. The highest BCUT2D eigenvalue weighted by Gasteiger charge is 2.09. The first kappa shape index (κ1) is 16.5. The smallest absolute Gasteiger partial charge is 0.220 e. The zero-order valence-corrected chi connectivity index (χ0v) is 14.2. The van der Waals surface area contributed by atoms with Crippen LogP contribution < -0.4 is 5.32 Å². The van der Waals surface area contributed by atoms with E-state index in [9.17, 15) is 9.59 Å². The SMILES string of the molecule is O=C(CCC(=O)c1cccs1)NCCCn1ccc2ccccc21. The summed E-state index contributed by atoms with van der Waals surface area (Å²) in [4.78, 5) is 24.4. The van der Waals surface area contributed by atoms with Crippen LogP contribution in [0.3, 0.4) is 0 Å². The highest BCUT2D eigenvalue weighted by Crippen LogP contribution is 2.15. The molecule has 124 valence electrons. The highest BCUT2D eigenvalue weighted by atomic mass is 32.1. The molecule has 0 aliphatic heterocycles. The average molecular weight is 340 g/mol. The minimum absolute atomic E-state index is 0.0407. The predicted molar refractivity (Wildman–Crippen MR) is 97.4 cm³/mol. The first-order valence-electron chi connectivity index (χ1n) is 8.11. The van der Waals surface area contributed by atoms with Gasteiger partial charge in [0.15, 0.2) is 5.78 Å². The van der Waals surface area contributed by atoms with Crippen LogP contribution in [0.25, 0.3) is 10.9 Å². The van der Waals surface area contributed by atoms with E-state index >= 15 is 0 Å². The van der Waals surface area contributed by atoms with E-state index in [0.717, 1.165) is 17.8 Å². The van der Waals surface area contributed by atoms with E-state index in [4.69, 9.17) is 0 Å². The lowest BCUT2D eigenvalue weighted by atomic mass is 10.2. The Morgan fingerprint density at radius 3 is 2.75 bits per heavy atom. The first-order valence-corrected chi connectivity index (χ1v) is 8.99. The summed E-state index contributed by atoms with van der Waals surface area (Å²) in [6.45, 7) is 1.49. The van der Waals surface area contributed by atoms with Crippen molar-refractivity contribution < 1.29 is 9.59 Å². The van der Waals surface area contributed by atoms with Crippen LogP contribution in [-0.2, 0) is 11.3 Å². The molecule has 0 fully saturated rings. The average Bonchev–Trinajstić information content (AvgIpc) is 3.26. The number of para-hydroxylation sites is 1. The summed E-state index contributed by atoms with van der Waals surface area (Å²) in [5.41, 5.74) is 1.21. The van der Waals surface area contributed by atoms with E-state index in [1.54, 1.807) is 6.07 Å². The second-order valence-electron chi connectivity index (χ2n) is 5.67. The molecule has 2 heterocycles. The van der Waals surface area contributed by atoms with Gasteiger partial charge in [0.25, 0.3) is 0 Å². The molecule has 5 heteroatoms. The summed E-state index contributed by atoms with van der Waals surface area (Å²) in [6.07, 6.45) is 3.47. The number of fused-ring (bicyclic) bond motifs is 1. The number of carbonyl (C=O) groups is 2. The van der Waals surface area contributed by atoms with Crippen LogP contribution in [0, 0.1) is 0 Å². The van der Waals surface area contributed by atoms with Crippen LogP contribution in [0.2, 0.25) is 0 Å². The predicted octanol–water partition coefficient (Wildman–Crippen LogP) is 3.87. The lowest BCUT2D eigenvalue weighted by Gasteiger charge is -2.07. The number of hydrogen-bond donors (Lipinski definition) is 1. The van der Waals surface area contributed by atoms with Crippen molar-refractivity contribution in [3.05, 3.63) is 58.9 Å². The summed E-state index contributed by atoms with van der Waals surface area (Å²) in [5.74, 6) is -0.0174. The molecular formula is C19H20N2O2S. The Morgan fingerprint density at radius 2 is 1.92 bits per heavy atom. The molecule has 0 aliphatic carbocycles. The number of hydrogen-bond acceptors (Lipinski definition) is 3. The van der Waals surface area contributed by atoms with Gasteiger partial charge in [-0.25, -0.2) is 0 Å². The highest BCUT2D eigenvalue weighted by molar-refractivity contribution is 7.12. The monoisotopic (exact) mass is 340 g/mol. The maximum atomic E-state index is 11.8. The van der Waals surface area contributed by atoms with Gasteiger partial charge in [-0.05, 0) is 35.4 Å². The normalized spacial score (nSPS) is 10.8. The van der Waals surface area contributed by atoms with Crippen molar-refractivity contribution in [2.24, 2.45) is 0 Å². The van der Waals surface area contributed by atoms with Gasteiger partial charge in [0.05, 0.1) is 4.88 Å². The van der Waals surface area contributed by atoms with E-state index < -0.39 is 0 Å². The Hall–Kier alpha value is -2.40. The number of nitrogens with one attached hydrogen (secondary N) is 1. The molecule has 0 saturated carbocycles. The van der Waals surface area contributed by atoms with Gasteiger partial charge in [-0.3, -0.25) is 9.59 Å². The third-order valence-corrected chi connectivity index (χ3v) is 4.86. The standard InChI is InChI=1S/C19H20N2O2S/c22-17(18-7-3-14-24-18)8-9-19(23)20-11-4-12-21-13-10-15-5-1-2-6-16(15)21/h1-3,5-7,10,13-14H,4,8-9,11-12H2,(H,20,23). The van der Waals surface area contributed by atoms with Crippen LogP contribution in [0.5, 0.6) is 0 Å². The summed E-state index contributed by atoms with van der Waals surface area (Å²) >= 11 is 1.42. The van der Waals surface area contributed by atoms with Crippen LogP contribution in [0.15, 0.2) is 54.0 Å². The number of Topliss-reactive ketones (excluding diaryl/α,β-unsaturated/α-hetero) is 1. The molecule has 0 spiro atoms. The van der Waals surface area contributed by atoms with Crippen LogP contribution >= 0.6 is 11.3 Å². The lowest BCUT2D eigenvalue weighted by molar-refractivity contribution is -0.121. The molecule has 3 aromatic rings. The molecule has 0 atom stereocenters. The van der Waals surface area contributed by atoms with Gasteiger partial charge in [-0.15, -0.1) is 11.3 Å². The summed E-state index contributed by atoms with van der Waals surface area (Å²) in [5, 5.41) is 6.00. The summed E-state index contributed by atoms with van der Waals surface area (Å²) in [7, 11) is 0. The zero-order valence-electron chi connectivity index (χ0n) is 13.4. The van der Waals surface area contributed by atoms with Gasteiger partial charge in [0.1, 0.15) is 0 Å². The molecule has 4 nitrogen and oxygen atoms in total. The van der Waals surface area contributed by atoms with Crippen molar-refractivity contribution in [3.8, 4) is 0 Å². The van der Waals surface area contributed by atoms with Crippen molar-refractivity contribution >= 4 is 33.9 Å². The summed E-state index contributed by atoms with van der Waals surface area (Å²) in [6, 6.07) is 14.0. The van der Waals surface area contributed by atoms with E-state index in [1.165, 1.54) is 22.2 Å². The zero-order chi connectivity index (χ0) is 16.8. The van der Waals surface area contributed by atoms with Crippen LogP contribution in [-0.4, -0.2) is 22.8 Å². The Labute approximate surface area is 145 Å². The lowest BCUT2D eigenvalue weighted by Crippen LogP contribution is -2.25. The maximum absolute atomic E-state index is 11.8. The van der Waals surface area contributed by atoms with Crippen molar-refractivity contribution in [2.45, 2.75) is 25.8 Å². The van der Waals surface area contributed by atoms with Gasteiger partial charge in [0, 0.05) is 37.6 Å². The van der Waals surface area contributed by atoms with Gasteiger partial charge >= 0.3 is 0 Å². The minimum Gasteiger partial charge on any atom is -0.356 e. The number of nitrogens with zero attached hydrogens (tertiary/aromatic N) is 1. The third-order valence-electron chi connectivity index (χ3n) is 3.95. The van der Waals surface area contributed by atoms with Crippen LogP contribution in [0.4, 0.5) is 0 Å². The molecule has 0 bridgehead atoms. The molecule has 0 aliphatic rings. The second kappa shape index (κ2) is 7.93. The maximum Gasteiger partial charge on any atom is 0.220 e. The van der Waals surface area contributed by atoms with Gasteiger partial charge in [-0.2, -0.15) is 0 Å². The quantitative estimate of drug-likeness (QED) is 0.500. The number of aryl methyl sites for hydroxylation is 1. The first-order chi connectivity index (χ1) is 11.7. The Balaban J connectivity index is 1.37. The summed E-state index contributed by atoms with van der Waals surface area (Å²) < 4.78 is 2.20. The van der Waals surface area contributed by atoms with Crippen molar-refractivity contribution in [1.82, 2.24) is 9.88 Å².